The van der Waals surface area contributed by atoms with E-state index in [1.54, 1.807) is 0 Å². The molecule has 3 N–H and O–H groups in total. The van der Waals surface area contributed by atoms with Gasteiger partial charge in [-0.2, -0.15) is 0 Å². The van der Waals surface area contributed by atoms with E-state index in [1.807, 2.05) is 28.8 Å². The Hall–Kier alpha value is -2.02. The second kappa shape index (κ2) is 6.39. The van der Waals surface area contributed by atoms with E-state index in [-0.39, 0.29) is 5.91 Å². The van der Waals surface area contributed by atoms with Crippen molar-refractivity contribution in [3.8, 4) is 0 Å². The topological polar surface area (TPSA) is 85.8 Å². The van der Waals surface area contributed by atoms with Crippen molar-refractivity contribution in [2.75, 3.05) is 16.8 Å². The number of amides is 1. The molecule has 0 radical (unpaired) electrons. The van der Waals surface area contributed by atoms with Gasteiger partial charge in [0.15, 0.2) is 5.16 Å². The minimum Gasteiger partial charge on any atom is -0.368 e. The molecule has 22 heavy (non-hydrogen) atoms. The summed E-state index contributed by atoms with van der Waals surface area (Å²) < 4.78 is 1.93. The Bertz CT molecular complexity index is 680. The van der Waals surface area contributed by atoms with E-state index in [9.17, 15) is 4.79 Å². The molecule has 1 amide bonds. The number of hydrogen-bond donors (Lipinski definition) is 2. The fraction of sp³-hybridized carbons (Fsp3) is 0.400. The molecular weight excluding hydrogens is 298 g/mol. The van der Waals surface area contributed by atoms with Crippen LogP contribution < -0.4 is 11.1 Å². The van der Waals surface area contributed by atoms with Gasteiger partial charge < -0.3 is 11.1 Å². The Morgan fingerprint density at radius 2 is 2.27 bits per heavy atom. The number of carbonyl (C=O) groups is 1. The molecule has 1 saturated carbocycles. The molecule has 0 saturated heterocycles. The maximum atomic E-state index is 12.1. The second-order valence-corrected chi connectivity index (χ2v) is 6.28. The first-order valence-electron chi connectivity index (χ1n) is 7.39. The van der Waals surface area contributed by atoms with Gasteiger partial charge >= 0.3 is 0 Å². The van der Waals surface area contributed by atoms with Crippen LogP contribution in [0, 0.1) is 0 Å². The average molecular weight is 317 g/mol. The summed E-state index contributed by atoms with van der Waals surface area (Å²) in [6.45, 7) is 2.09. The number of benzene rings is 1. The highest BCUT2D eigenvalue weighted by Crippen LogP contribution is 2.39. The molecule has 1 aliphatic rings. The van der Waals surface area contributed by atoms with Crippen LogP contribution in [0.15, 0.2) is 29.4 Å². The number of carbonyl (C=O) groups excluding carboxylic acids is 1. The van der Waals surface area contributed by atoms with Crippen molar-refractivity contribution < 1.29 is 4.79 Å². The predicted octanol–water partition coefficient (Wildman–Crippen LogP) is 2.49. The molecule has 0 spiro atoms. The van der Waals surface area contributed by atoms with Crippen LogP contribution in [0.2, 0.25) is 0 Å². The lowest BCUT2D eigenvalue weighted by Crippen LogP contribution is -2.14. The van der Waals surface area contributed by atoms with E-state index in [1.165, 1.54) is 17.3 Å². The molecule has 6 nitrogen and oxygen atoms in total. The molecule has 1 aliphatic carbocycles. The highest BCUT2D eigenvalue weighted by molar-refractivity contribution is 7.99. The highest BCUT2D eigenvalue weighted by atomic mass is 32.2. The third kappa shape index (κ3) is 3.41. The lowest BCUT2D eigenvalue weighted by atomic mass is 10.1. The Morgan fingerprint density at radius 3 is 3.00 bits per heavy atom. The Balaban J connectivity index is 1.58. The van der Waals surface area contributed by atoms with Crippen LogP contribution in [-0.4, -0.2) is 26.4 Å². The lowest BCUT2D eigenvalue weighted by molar-refractivity contribution is -0.113. The van der Waals surface area contributed by atoms with Crippen LogP contribution in [0.25, 0.3) is 0 Å². The number of nitrogens with zero attached hydrogens (tertiary/aromatic N) is 3. The third-order valence-corrected chi connectivity index (χ3v) is 4.50. The van der Waals surface area contributed by atoms with Gasteiger partial charge in [0.25, 0.3) is 0 Å². The average Bonchev–Trinajstić information content (AvgIpc) is 3.28. The van der Waals surface area contributed by atoms with Crippen molar-refractivity contribution in [1.29, 1.82) is 0 Å². The number of nitrogens with two attached hydrogens (primary N) is 1. The Morgan fingerprint density at radius 1 is 1.45 bits per heavy atom. The standard InChI is InChI=1S/C15H19N5OS/c1-2-10-4-3-5-11(8-10)17-13(21)9-22-15-19-18-14(16)20(15)12-6-7-12/h3-5,8,12H,2,6-7,9H2,1H3,(H2,16,18)(H,17,21). The first-order chi connectivity index (χ1) is 10.7. The van der Waals surface area contributed by atoms with Crippen LogP contribution in [0.5, 0.6) is 0 Å². The Labute approximate surface area is 133 Å². The van der Waals surface area contributed by atoms with E-state index in [0.29, 0.717) is 17.7 Å². The van der Waals surface area contributed by atoms with Crippen LogP contribution in [0.4, 0.5) is 11.6 Å². The zero-order valence-corrected chi connectivity index (χ0v) is 13.3. The summed E-state index contributed by atoms with van der Waals surface area (Å²) in [5.41, 5.74) is 7.85. The maximum Gasteiger partial charge on any atom is 0.234 e. The largest absolute Gasteiger partial charge is 0.368 e. The zero-order chi connectivity index (χ0) is 15.5. The van der Waals surface area contributed by atoms with Gasteiger partial charge in [-0.3, -0.25) is 9.36 Å². The first kappa shape index (κ1) is 14.9. The van der Waals surface area contributed by atoms with Gasteiger partial charge in [-0.1, -0.05) is 30.8 Å². The smallest absolute Gasteiger partial charge is 0.234 e. The van der Waals surface area contributed by atoms with Crippen LogP contribution in [-0.2, 0) is 11.2 Å². The lowest BCUT2D eigenvalue weighted by Gasteiger charge is -2.07. The van der Waals surface area contributed by atoms with Crippen molar-refractivity contribution >= 4 is 29.3 Å². The quantitative estimate of drug-likeness (QED) is 0.799. The van der Waals surface area contributed by atoms with Gasteiger partial charge in [0.2, 0.25) is 11.9 Å². The van der Waals surface area contributed by atoms with Gasteiger partial charge in [0, 0.05) is 11.7 Å². The SMILES string of the molecule is CCc1cccc(NC(=O)CSc2nnc(N)n2C2CC2)c1. The van der Waals surface area contributed by atoms with Gasteiger partial charge in [0.05, 0.1) is 5.75 Å². The van der Waals surface area contributed by atoms with E-state index in [4.69, 9.17) is 5.73 Å². The first-order valence-corrected chi connectivity index (χ1v) is 8.38. The van der Waals surface area contributed by atoms with Crippen molar-refractivity contribution in [1.82, 2.24) is 14.8 Å². The maximum absolute atomic E-state index is 12.1. The molecule has 1 fully saturated rings. The molecule has 1 heterocycles. The normalized spacial score (nSPS) is 14.0. The summed E-state index contributed by atoms with van der Waals surface area (Å²) in [4.78, 5) is 12.1. The van der Waals surface area contributed by atoms with Crippen molar-refractivity contribution in [2.45, 2.75) is 37.4 Å². The third-order valence-electron chi connectivity index (χ3n) is 3.55. The molecule has 0 atom stereocenters. The van der Waals surface area contributed by atoms with Crippen molar-refractivity contribution in [2.24, 2.45) is 0 Å². The summed E-state index contributed by atoms with van der Waals surface area (Å²) in [6, 6.07) is 8.29. The molecule has 7 heteroatoms. The minimum atomic E-state index is -0.0535. The molecule has 2 aromatic rings. The predicted molar refractivity (Wildman–Crippen MR) is 87.9 cm³/mol. The van der Waals surface area contributed by atoms with Crippen LogP contribution in [0.3, 0.4) is 0 Å². The molecule has 1 aromatic carbocycles. The van der Waals surface area contributed by atoms with E-state index in [0.717, 1.165) is 30.1 Å². The summed E-state index contributed by atoms with van der Waals surface area (Å²) in [5.74, 6) is 0.671. The number of anilines is 2. The fourth-order valence-corrected chi connectivity index (χ4v) is 3.07. The van der Waals surface area contributed by atoms with Crippen molar-refractivity contribution in [3.05, 3.63) is 29.8 Å². The number of rotatable bonds is 6. The number of thioether (sulfide) groups is 1. The summed E-state index contributed by atoms with van der Waals surface area (Å²) >= 11 is 1.37. The Kier molecular flexibility index (Phi) is 4.33. The molecular formula is C15H19N5OS. The van der Waals surface area contributed by atoms with E-state index in [2.05, 4.69) is 22.4 Å². The minimum absolute atomic E-state index is 0.0535. The molecule has 0 aliphatic heterocycles. The molecule has 0 unspecified atom stereocenters. The monoisotopic (exact) mass is 317 g/mol. The molecule has 3 rings (SSSR count). The van der Waals surface area contributed by atoms with Gasteiger partial charge in [-0.15, -0.1) is 10.2 Å². The van der Waals surface area contributed by atoms with E-state index >= 15 is 0 Å². The zero-order valence-electron chi connectivity index (χ0n) is 12.5. The van der Waals surface area contributed by atoms with Gasteiger partial charge in [-0.25, -0.2) is 0 Å². The van der Waals surface area contributed by atoms with Gasteiger partial charge in [-0.05, 0) is 37.0 Å². The summed E-state index contributed by atoms with van der Waals surface area (Å²) in [6.07, 6.45) is 3.15. The number of aryl methyl sites for hydroxylation is 1. The summed E-state index contributed by atoms with van der Waals surface area (Å²) in [7, 11) is 0. The fourth-order valence-electron chi connectivity index (χ4n) is 2.26. The van der Waals surface area contributed by atoms with E-state index < -0.39 is 0 Å². The number of hydrogen-bond acceptors (Lipinski definition) is 5. The number of nitrogens with one attached hydrogen (secondary N) is 1. The molecule has 0 bridgehead atoms. The molecule has 1 aromatic heterocycles. The van der Waals surface area contributed by atoms with Crippen molar-refractivity contribution in [3.63, 3.8) is 0 Å². The highest BCUT2D eigenvalue weighted by Gasteiger charge is 2.29. The van der Waals surface area contributed by atoms with Gasteiger partial charge in [0.1, 0.15) is 0 Å². The molecule has 116 valence electrons. The second-order valence-electron chi connectivity index (χ2n) is 5.33. The van der Waals surface area contributed by atoms with Crippen LogP contribution >= 0.6 is 11.8 Å². The summed E-state index contributed by atoms with van der Waals surface area (Å²) in [5, 5.41) is 11.6. The number of nitrogen functional groups attached to an aromatic ring is 1. The van der Waals surface area contributed by atoms with Crippen LogP contribution in [0.1, 0.15) is 31.4 Å². The number of aromatic nitrogens is 3.